The predicted molar refractivity (Wildman–Crippen MR) is 49.1 cm³/mol. The lowest BCUT2D eigenvalue weighted by molar-refractivity contribution is -0.393. The van der Waals surface area contributed by atoms with Gasteiger partial charge in [0.15, 0.2) is 6.10 Å². The van der Waals surface area contributed by atoms with Gasteiger partial charge >= 0.3 is 5.97 Å². The molecule has 1 aliphatic heterocycles. The van der Waals surface area contributed by atoms with Gasteiger partial charge in [0.2, 0.25) is 0 Å². The Hall–Kier alpha value is -0.650. The topological polar surface area (TPSA) is 48.0 Å². The Bertz CT molecular complexity index is 184. The molecule has 1 atom stereocenters. The molecule has 0 radical (unpaired) electrons. The number of esters is 1. The summed E-state index contributed by atoms with van der Waals surface area (Å²) in [5, 5.41) is 1.37. The average Bonchev–Trinajstić information content (AvgIpc) is 2.19. The molecule has 0 saturated carbocycles. The van der Waals surface area contributed by atoms with E-state index in [1.807, 2.05) is 6.92 Å². The van der Waals surface area contributed by atoms with E-state index in [2.05, 4.69) is 0 Å². The van der Waals surface area contributed by atoms with Gasteiger partial charge in [0.05, 0.1) is 19.8 Å². The quantitative estimate of drug-likeness (QED) is 0.635. The Balaban J connectivity index is 2.35. The zero-order chi connectivity index (χ0) is 10.4. The molecule has 0 aromatic rings. The first kappa shape index (κ1) is 11.4. The average molecular weight is 203 g/mol. The molecule has 0 aliphatic carbocycles. The molecule has 0 aromatic heterocycles. The van der Waals surface area contributed by atoms with Crippen molar-refractivity contribution in [1.82, 2.24) is 5.23 Å². The SMILES string of the molecule is CCOC(=O)C1CCCN(OCC)O1. The normalized spacial score (nSPS) is 23.4. The minimum Gasteiger partial charge on any atom is -0.464 e. The highest BCUT2D eigenvalue weighted by Gasteiger charge is 2.28. The van der Waals surface area contributed by atoms with Gasteiger partial charge in [0.1, 0.15) is 0 Å². The third-order valence-corrected chi connectivity index (χ3v) is 1.87. The molecule has 1 fully saturated rings. The van der Waals surface area contributed by atoms with Crippen molar-refractivity contribution in [2.75, 3.05) is 19.8 Å². The highest BCUT2D eigenvalue weighted by atomic mass is 17.0. The second-order valence-corrected chi connectivity index (χ2v) is 2.96. The Labute approximate surface area is 83.8 Å². The lowest BCUT2D eigenvalue weighted by Crippen LogP contribution is -2.40. The second-order valence-electron chi connectivity index (χ2n) is 2.96. The van der Waals surface area contributed by atoms with Crippen molar-refractivity contribution in [3.63, 3.8) is 0 Å². The molecule has 1 unspecified atom stereocenters. The molecule has 1 heterocycles. The van der Waals surface area contributed by atoms with E-state index in [4.69, 9.17) is 14.4 Å². The lowest BCUT2D eigenvalue weighted by Gasteiger charge is -2.29. The van der Waals surface area contributed by atoms with Gasteiger partial charge in [0.25, 0.3) is 0 Å². The summed E-state index contributed by atoms with van der Waals surface area (Å²) in [4.78, 5) is 21.7. The van der Waals surface area contributed by atoms with Crippen molar-refractivity contribution < 1.29 is 19.2 Å². The minimum absolute atomic E-state index is 0.308. The maximum atomic E-state index is 11.3. The van der Waals surface area contributed by atoms with E-state index in [0.717, 1.165) is 6.42 Å². The van der Waals surface area contributed by atoms with Crippen molar-refractivity contribution in [1.29, 1.82) is 0 Å². The fraction of sp³-hybridized carbons (Fsp3) is 0.889. The van der Waals surface area contributed by atoms with Crippen LogP contribution >= 0.6 is 0 Å². The van der Waals surface area contributed by atoms with E-state index in [9.17, 15) is 4.79 Å². The Kier molecular flexibility index (Phi) is 4.86. The fourth-order valence-electron chi connectivity index (χ4n) is 1.29. The van der Waals surface area contributed by atoms with E-state index < -0.39 is 6.10 Å². The van der Waals surface area contributed by atoms with Crippen LogP contribution < -0.4 is 0 Å². The fourth-order valence-corrected chi connectivity index (χ4v) is 1.29. The van der Waals surface area contributed by atoms with Crippen LogP contribution in [0.15, 0.2) is 0 Å². The van der Waals surface area contributed by atoms with E-state index >= 15 is 0 Å². The monoisotopic (exact) mass is 203 g/mol. The molecular weight excluding hydrogens is 186 g/mol. The number of hydroxylamine groups is 2. The van der Waals surface area contributed by atoms with Crippen molar-refractivity contribution in [3.8, 4) is 0 Å². The van der Waals surface area contributed by atoms with Crippen molar-refractivity contribution in [2.24, 2.45) is 0 Å². The standard InChI is InChI=1S/C9H17NO4/c1-3-12-9(11)8-6-5-7-10(14-8)13-4-2/h8H,3-7H2,1-2H3. The van der Waals surface area contributed by atoms with Crippen LogP contribution in [0.1, 0.15) is 26.7 Å². The molecule has 0 spiro atoms. The first-order valence-electron chi connectivity index (χ1n) is 5.01. The lowest BCUT2D eigenvalue weighted by atomic mass is 10.2. The van der Waals surface area contributed by atoms with E-state index in [1.165, 1.54) is 5.23 Å². The second kappa shape index (κ2) is 5.95. The van der Waals surface area contributed by atoms with Crippen molar-refractivity contribution >= 4 is 5.97 Å². The molecule has 1 aliphatic rings. The van der Waals surface area contributed by atoms with E-state index in [-0.39, 0.29) is 5.97 Å². The van der Waals surface area contributed by atoms with Crippen LogP contribution in [0.25, 0.3) is 0 Å². The summed E-state index contributed by atoms with van der Waals surface area (Å²) in [7, 11) is 0. The number of carbonyl (C=O) groups excluding carboxylic acids is 1. The molecule has 1 rings (SSSR count). The summed E-state index contributed by atoms with van der Waals surface area (Å²) in [5.41, 5.74) is 0. The molecule has 14 heavy (non-hydrogen) atoms. The molecule has 5 heteroatoms. The molecule has 0 aromatic carbocycles. The maximum absolute atomic E-state index is 11.3. The highest BCUT2D eigenvalue weighted by Crippen LogP contribution is 2.15. The smallest absolute Gasteiger partial charge is 0.337 e. The molecule has 1 saturated heterocycles. The molecule has 0 N–H and O–H groups in total. The number of carbonyl (C=O) groups is 1. The summed E-state index contributed by atoms with van der Waals surface area (Å²) in [6, 6.07) is 0. The Morgan fingerprint density at radius 1 is 1.50 bits per heavy atom. The number of hydrogen-bond donors (Lipinski definition) is 0. The summed E-state index contributed by atoms with van der Waals surface area (Å²) >= 11 is 0. The number of rotatable bonds is 4. The third kappa shape index (κ3) is 3.25. The van der Waals surface area contributed by atoms with Crippen LogP contribution in [-0.2, 0) is 19.2 Å². The van der Waals surface area contributed by atoms with Gasteiger partial charge in [-0.2, -0.15) is 0 Å². The van der Waals surface area contributed by atoms with Gasteiger partial charge in [-0.15, -0.1) is 0 Å². The van der Waals surface area contributed by atoms with Gasteiger partial charge < -0.3 is 4.74 Å². The zero-order valence-electron chi connectivity index (χ0n) is 8.69. The minimum atomic E-state index is -0.504. The predicted octanol–water partition coefficient (Wildman–Crippen LogP) is 0.897. The Morgan fingerprint density at radius 2 is 2.29 bits per heavy atom. The van der Waals surface area contributed by atoms with Gasteiger partial charge in [-0.1, -0.05) is 5.23 Å². The Morgan fingerprint density at radius 3 is 2.93 bits per heavy atom. The van der Waals surface area contributed by atoms with Gasteiger partial charge in [-0.05, 0) is 26.7 Å². The first-order valence-corrected chi connectivity index (χ1v) is 5.01. The zero-order valence-corrected chi connectivity index (χ0v) is 8.69. The summed E-state index contributed by atoms with van der Waals surface area (Å²) in [6.07, 6.45) is 1.07. The van der Waals surface area contributed by atoms with E-state index in [0.29, 0.717) is 26.2 Å². The summed E-state index contributed by atoms with van der Waals surface area (Å²) < 4.78 is 4.86. The highest BCUT2D eigenvalue weighted by molar-refractivity contribution is 5.74. The molecule has 0 bridgehead atoms. The van der Waals surface area contributed by atoms with Crippen LogP contribution in [0.4, 0.5) is 0 Å². The van der Waals surface area contributed by atoms with Crippen LogP contribution in [0.5, 0.6) is 0 Å². The van der Waals surface area contributed by atoms with Crippen LogP contribution in [-0.4, -0.2) is 37.1 Å². The largest absolute Gasteiger partial charge is 0.464 e. The first-order chi connectivity index (χ1) is 6.77. The van der Waals surface area contributed by atoms with Crippen LogP contribution in [0, 0.1) is 0 Å². The summed E-state index contributed by atoms with van der Waals surface area (Å²) in [6.45, 7) is 5.27. The molecule has 82 valence electrons. The summed E-state index contributed by atoms with van der Waals surface area (Å²) in [5.74, 6) is -0.308. The van der Waals surface area contributed by atoms with Crippen LogP contribution in [0.3, 0.4) is 0 Å². The third-order valence-electron chi connectivity index (χ3n) is 1.87. The van der Waals surface area contributed by atoms with Gasteiger partial charge in [-0.25, -0.2) is 4.79 Å². The van der Waals surface area contributed by atoms with Gasteiger partial charge in [0, 0.05) is 0 Å². The van der Waals surface area contributed by atoms with Crippen molar-refractivity contribution in [3.05, 3.63) is 0 Å². The van der Waals surface area contributed by atoms with Gasteiger partial charge in [-0.3, -0.25) is 9.68 Å². The van der Waals surface area contributed by atoms with Crippen LogP contribution in [0.2, 0.25) is 0 Å². The molecule has 5 nitrogen and oxygen atoms in total. The number of hydrogen-bond acceptors (Lipinski definition) is 5. The maximum Gasteiger partial charge on any atom is 0.337 e. The molecule has 0 amide bonds. The van der Waals surface area contributed by atoms with E-state index in [1.54, 1.807) is 6.92 Å². The number of ether oxygens (including phenoxy) is 1. The number of nitrogens with zero attached hydrogens (tertiary/aromatic N) is 1. The van der Waals surface area contributed by atoms with Crippen molar-refractivity contribution in [2.45, 2.75) is 32.8 Å². The molecular formula is C9H17NO4.